The van der Waals surface area contributed by atoms with Gasteiger partial charge in [-0.15, -0.1) is 0 Å². The molecule has 1 aromatic heterocycles. The van der Waals surface area contributed by atoms with Crippen molar-refractivity contribution >= 4 is 0 Å². The van der Waals surface area contributed by atoms with Gasteiger partial charge in [-0.2, -0.15) is 10.4 Å². The Morgan fingerprint density at radius 1 is 1.29 bits per heavy atom. The molecule has 2 aromatic rings. The minimum atomic E-state index is -0.372. The summed E-state index contributed by atoms with van der Waals surface area (Å²) >= 11 is 0. The number of nitrogens with zero attached hydrogens (tertiary/aromatic N) is 3. The zero-order valence-corrected chi connectivity index (χ0v) is 9.64. The zero-order valence-electron chi connectivity index (χ0n) is 9.64. The van der Waals surface area contributed by atoms with Gasteiger partial charge in [0.2, 0.25) is 0 Å². The van der Waals surface area contributed by atoms with Crippen LogP contribution < -0.4 is 5.56 Å². The molecule has 0 N–H and O–H groups in total. The van der Waals surface area contributed by atoms with Crippen molar-refractivity contribution in [1.82, 2.24) is 9.78 Å². The van der Waals surface area contributed by atoms with E-state index in [1.54, 1.807) is 7.05 Å². The fourth-order valence-electron chi connectivity index (χ4n) is 1.55. The van der Waals surface area contributed by atoms with Crippen LogP contribution in [0.15, 0.2) is 35.1 Å². The first-order chi connectivity index (χ1) is 8.11. The Kier molecular flexibility index (Phi) is 2.75. The van der Waals surface area contributed by atoms with E-state index in [0.29, 0.717) is 5.69 Å². The summed E-state index contributed by atoms with van der Waals surface area (Å²) in [5.41, 5.74) is 2.41. The molecule has 0 amide bonds. The Labute approximate surface area is 98.8 Å². The number of nitriles is 1. The lowest BCUT2D eigenvalue weighted by Crippen LogP contribution is -2.22. The summed E-state index contributed by atoms with van der Waals surface area (Å²) in [5.74, 6) is 0. The number of hydrogen-bond acceptors (Lipinski definition) is 3. The predicted molar refractivity (Wildman–Crippen MR) is 64.4 cm³/mol. The van der Waals surface area contributed by atoms with Crippen molar-refractivity contribution in [3.05, 3.63) is 51.8 Å². The third-order valence-electron chi connectivity index (χ3n) is 2.53. The summed E-state index contributed by atoms with van der Waals surface area (Å²) in [6.07, 6.45) is 0. The lowest BCUT2D eigenvalue weighted by Gasteiger charge is -2.04. The van der Waals surface area contributed by atoms with Gasteiger partial charge in [-0.1, -0.05) is 29.8 Å². The first-order valence-corrected chi connectivity index (χ1v) is 5.17. The summed E-state index contributed by atoms with van der Waals surface area (Å²) in [7, 11) is 1.54. The fourth-order valence-corrected chi connectivity index (χ4v) is 1.55. The predicted octanol–water partition coefficient (Wildman–Crippen LogP) is 1.63. The van der Waals surface area contributed by atoms with Crippen molar-refractivity contribution in [3.63, 3.8) is 0 Å². The Bertz CT molecular complexity index is 648. The Morgan fingerprint density at radius 2 is 1.94 bits per heavy atom. The van der Waals surface area contributed by atoms with Gasteiger partial charge in [-0.3, -0.25) is 4.79 Å². The van der Waals surface area contributed by atoms with E-state index >= 15 is 0 Å². The van der Waals surface area contributed by atoms with E-state index in [9.17, 15) is 4.79 Å². The van der Waals surface area contributed by atoms with Crippen LogP contribution in [0.25, 0.3) is 11.3 Å². The van der Waals surface area contributed by atoms with Gasteiger partial charge < -0.3 is 0 Å². The molecular weight excluding hydrogens is 214 g/mol. The molecule has 0 radical (unpaired) electrons. The standard InChI is InChI=1S/C13H11N3O/c1-9-3-5-10(6-4-9)12-7-11(8-14)13(17)16(2)15-12/h3-7H,1-2H3. The number of hydrogen-bond donors (Lipinski definition) is 0. The highest BCUT2D eigenvalue weighted by molar-refractivity contribution is 5.60. The van der Waals surface area contributed by atoms with E-state index in [4.69, 9.17) is 5.26 Å². The molecule has 0 bridgehead atoms. The molecule has 2 rings (SSSR count). The molecule has 0 saturated heterocycles. The van der Waals surface area contributed by atoms with E-state index in [2.05, 4.69) is 5.10 Å². The molecule has 0 aliphatic heterocycles. The Balaban J connectivity index is 2.61. The summed E-state index contributed by atoms with van der Waals surface area (Å²) in [6, 6.07) is 11.2. The van der Waals surface area contributed by atoms with Crippen LogP contribution in [0.2, 0.25) is 0 Å². The average molecular weight is 225 g/mol. The molecule has 0 unspecified atom stereocenters. The highest BCUT2D eigenvalue weighted by Gasteiger charge is 2.06. The largest absolute Gasteiger partial charge is 0.284 e. The molecule has 17 heavy (non-hydrogen) atoms. The van der Waals surface area contributed by atoms with Crippen molar-refractivity contribution in [3.8, 4) is 17.3 Å². The molecule has 0 saturated carbocycles. The third kappa shape index (κ3) is 2.08. The van der Waals surface area contributed by atoms with E-state index in [0.717, 1.165) is 11.1 Å². The molecular formula is C13H11N3O. The first-order valence-electron chi connectivity index (χ1n) is 5.17. The van der Waals surface area contributed by atoms with Crippen molar-refractivity contribution in [2.75, 3.05) is 0 Å². The van der Waals surface area contributed by atoms with Crippen LogP contribution in [0.3, 0.4) is 0 Å². The van der Waals surface area contributed by atoms with Crippen LogP contribution in [0.5, 0.6) is 0 Å². The zero-order chi connectivity index (χ0) is 12.4. The first kappa shape index (κ1) is 11.1. The van der Waals surface area contributed by atoms with Crippen molar-refractivity contribution in [2.45, 2.75) is 6.92 Å². The van der Waals surface area contributed by atoms with Crippen molar-refractivity contribution in [2.24, 2.45) is 7.05 Å². The second-order valence-corrected chi connectivity index (χ2v) is 3.85. The quantitative estimate of drug-likeness (QED) is 0.741. The van der Waals surface area contributed by atoms with Crippen molar-refractivity contribution < 1.29 is 0 Å². The number of benzene rings is 1. The number of rotatable bonds is 1. The van der Waals surface area contributed by atoms with Crippen LogP contribution in [0.4, 0.5) is 0 Å². The van der Waals surface area contributed by atoms with Crippen LogP contribution in [0.1, 0.15) is 11.1 Å². The van der Waals surface area contributed by atoms with Gasteiger partial charge in [-0.05, 0) is 13.0 Å². The van der Waals surface area contributed by atoms with E-state index in [-0.39, 0.29) is 11.1 Å². The number of aryl methyl sites for hydroxylation is 2. The van der Waals surface area contributed by atoms with Gasteiger partial charge in [0.1, 0.15) is 11.6 Å². The molecule has 0 fully saturated rings. The van der Waals surface area contributed by atoms with Crippen molar-refractivity contribution in [1.29, 1.82) is 5.26 Å². The summed E-state index contributed by atoms with van der Waals surface area (Å²) in [6.45, 7) is 2.00. The highest BCUT2D eigenvalue weighted by atomic mass is 16.1. The molecule has 4 heteroatoms. The lowest BCUT2D eigenvalue weighted by atomic mass is 10.1. The molecule has 0 aliphatic carbocycles. The van der Waals surface area contributed by atoms with Gasteiger partial charge >= 0.3 is 0 Å². The molecule has 0 atom stereocenters. The molecule has 0 spiro atoms. The van der Waals surface area contributed by atoms with Gasteiger partial charge in [0.15, 0.2) is 0 Å². The highest BCUT2D eigenvalue weighted by Crippen LogP contribution is 2.16. The average Bonchev–Trinajstić information content (AvgIpc) is 2.33. The van der Waals surface area contributed by atoms with Crippen LogP contribution >= 0.6 is 0 Å². The minimum absolute atomic E-state index is 0.109. The van der Waals surface area contributed by atoms with E-state index in [1.807, 2.05) is 37.3 Å². The Hall–Kier alpha value is -2.41. The minimum Gasteiger partial charge on any atom is -0.266 e. The smallest absolute Gasteiger partial charge is 0.266 e. The molecule has 0 aliphatic rings. The van der Waals surface area contributed by atoms with Gasteiger partial charge in [0.25, 0.3) is 5.56 Å². The maximum absolute atomic E-state index is 11.5. The monoisotopic (exact) mass is 225 g/mol. The Morgan fingerprint density at radius 3 is 2.53 bits per heavy atom. The van der Waals surface area contributed by atoms with Gasteiger partial charge in [0, 0.05) is 12.6 Å². The maximum atomic E-state index is 11.5. The summed E-state index contributed by atoms with van der Waals surface area (Å²) < 4.78 is 1.19. The molecule has 1 heterocycles. The van der Waals surface area contributed by atoms with Crippen LogP contribution in [-0.2, 0) is 7.05 Å². The molecule has 4 nitrogen and oxygen atoms in total. The third-order valence-corrected chi connectivity index (χ3v) is 2.53. The second-order valence-electron chi connectivity index (χ2n) is 3.85. The topological polar surface area (TPSA) is 58.7 Å². The molecule has 84 valence electrons. The normalized spacial score (nSPS) is 9.94. The summed E-state index contributed by atoms with van der Waals surface area (Å²) in [4.78, 5) is 11.5. The second kappa shape index (κ2) is 4.22. The molecule has 1 aromatic carbocycles. The van der Waals surface area contributed by atoms with Crippen LogP contribution in [-0.4, -0.2) is 9.78 Å². The van der Waals surface area contributed by atoms with Gasteiger partial charge in [-0.25, -0.2) is 4.68 Å². The SMILES string of the molecule is Cc1ccc(-c2cc(C#N)c(=O)n(C)n2)cc1. The fraction of sp³-hybridized carbons (Fsp3) is 0.154. The van der Waals surface area contributed by atoms with E-state index < -0.39 is 0 Å². The van der Waals surface area contributed by atoms with E-state index in [1.165, 1.54) is 10.7 Å². The number of aromatic nitrogens is 2. The van der Waals surface area contributed by atoms with Crippen LogP contribution in [0, 0.1) is 18.3 Å². The summed E-state index contributed by atoms with van der Waals surface area (Å²) in [5, 5.41) is 13.0. The van der Waals surface area contributed by atoms with Gasteiger partial charge in [0.05, 0.1) is 5.69 Å². The lowest BCUT2D eigenvalue weighted by molar-refractivity contribution is 0.709. The maximum Gasteiger partial charge on any atom is 0.284 e.